The lowest BCUT2D eigenvalue weighted by atomic mass is 9.88. The maximum absolute atomic E-state index is 13.6. The number of benzene rings is 3. The van der Waals surface area contributed by atoms with Crippen LogP contribution in [-0.4, -0.2) is 11.8 Å². The Kier molecular flexibility index (Phi) is 6.04. The SMILES string of the molecule is CC1CCc2c(sc(NC(=O)c3ccccc3Br)c2C(=O)Nc2cccc3ccccc23)C1. The molecule has 2 N–H and O–H groups in total. The van der Waals surface area contributed by atoms with Crippen molar-refractivity contribution in [1.82, 2.24) is 0 Å². The smallest absolute Gasteiger partial charge is 0.258 e. The van der Waals surface area contributed by atoms with Gasteiger partial charge >= 0.3 is 0 Å². The quantitative estimate of drug-likeness (QED) is 0.297. The van der Waals surface area contributed by atoms with Crippen LogP contribution in [0.3, 0.4) is 0 Å². The number of anilines is 2. The van der Waals surface area contributed by atoms with E-state index in [9.17, 15) is 9.59 Å². The molecule has 0 saturated heterocycles. The Labute approximate surface area is 205 Å². The molecule has 3 aromatic carbocycles. The zero-order chi connectivity index (χ0) is 22.9. The predicted molar refractivity (Wildman–Crippen MR) is 140 cm³/mol. The molecule has 1 aromatic heterocycles. The van der Waals surface area contributed by atoms with Crippen LogP contribution in [-0.2, 0) is 12.8 Å². The summed E-state index contributed by atoms with van der Waals surface area (Å²) in [5.41, 5.74) is 2.97. The standard InChI is InChI=1S/C27H23BrN2O2S/c1-16-13-14-20-23(15-16)33-27(30-25(31)19-10-4-5-11-21(19)28)24(20)26(32)29-22-12-6-8-17-7-2-3-9-18(17)22/h2-12,16H,13-15H2,1H3,(H,29,32)(H,30,31). The van der Waals surface area contributed by atoms with Crippen LogP contribution in [0, 0.1) is 5.92 Å². The molecular formula is C27H23BrN2O2S. The minimum absolute atomic E-state index is 0.180. The van der Waals surface area contributed by atoms with E-state index < -0.39 is 0 Å². The van der Waals surface area contributed by atoms with Gasteiger partial charge in [-0.2, -0.15) is 0 Å². The van der Waals surface area contributed by atoms with E-state index in [0.29, 0.717) is 22.0 Å². The van der Waals surface area contributed by atoms with Gasteiger partial charge in [0.1, 0.15) is 5.00 Å². The Hall–Kier alpha value is -2.96. The highest BCUT2D eigenvalue weighted by Crippen LogP contribution is 2.40. The molecule has 33 heavy (non-hydrogen) atoms. The summed E-state index contributed by atoms with van der Waals surface area (Å²) in [6.07, 6.45) is 2.81. The first kappa shape index (κ1) is 21.9. The number of hydrogen-bond donors (Lipinski definition) is 2. The normalized spacial score (nSPS) is 15.2. The van der Waals surface area contributed by atoms with Crippen molar-refractivity contribution in [2.75, 3.05) is 10.6 Å². The van der Waals surface area contributed by atoms with Gasteiger partial charge in [0.15, 0.2) is 0 Å². The molecule has 0 saturated carbocycles. The second-order valence-corrected chi connectivity index (χ2v) is 10.4. The monoisotopic (exact) mass is 518 g/mol. The molecule has 4 nitrogen and oxygen atoms in total. The van der Waals surface area contributed by atoms with E-state index in [0.717, 1.165) is 45.8 Å². The van der Waals surface area contributed by atoms with Gasteiger partial charge in [0.2, 0.25) is 0 Å². The van der Waals surface area contributed by atoms with Crippen molar-refractivity contribution in [3.8, 4) is 0 Å². The van der Waals surface area contributed by atoms with Crippen LogP contribution in [0.5, 0.6) is 0 Å². The fourth-order valence-corrected chi connectivity index (χ4v) is 6.28. The highest BCUT2D eigenvalue weighted by atomic mass is 79.9. The number of hydrogen-bond acceptors (Lipinski definition) is 3. The fourth-order valence-electron chi connectivity index (χ4n) is 4.41. The lowest BCUT2D eigenvalue weighted by Gasteiger charge is -2.19. The predicted octanol–water partition coefficient (Wildman–Crippen LogP) is 7.29. The molecule has 2 amide bonds. The van der Waals surface area contributed by atoms with E-state index in [4.69, 9.17) is 0 Å². The van der Waals surface area contributed by atoms with E-state index in [1.807, 2.05) is 60.7 Å². The summed E-state index contributed by atoms with van der Waals surface area (Å²) >= 11 is 4.98. The van der Waals surface area contributed by atoms with Crippen LogP contribution in [0.25, 0.3) is 10.8 Å². The molecule has 1 heterocycles. The second kappa shape index (κ2) is 9.12. The summed E-state index contributed by atoms with van der Waals surface area (Å²) in [6, 6.07) is 21.2. The van der Waals surface area contributed by atoms with Gasteiger partial charge in [-0.15, -0.1) is 11.3 Å². The van der Waals surface area contributed by atoms with Gasteiger partial charge in [0.25, 0.3) is 11.8 Å². The molecule has 6 heteroatoms. The first-order valence-electron chi connectivity index (χ1n) is 11.0. The maximum atomic E-state index is 13.6. The van der Waals surface area contributed by atoms with Crippen LogP contribution in [0.15, 0.2) is 71.2 Å². The van der Waals surface area contributed by atoms with Crippen molar-refractivity contribution in [2.45, 2.75) is 26.2 Å². The van der Waals surface area contributed by atoms with Crippen molar-refractivity contribution in [3.05, 3.63) is 92.8 Å². The summed E-state index contributed by atoms with van der Waals surface area (Å²) in [4.78, 5) is 27.9. The Bertz CT molecular complexity index is 1370. The van der Waals surface area contributed by atoms with Gasteiger partial charge in [-0.25, -0.2) is 0 Å². The summed E-state index contributed by atoms with van der Waals surface area (Å²) in [6.45, 7) is 2.23. The zero-order valence-electron chi connectivity index (χ0n) is 18.2. The zero-order valence-corrected chi connectivity index (χ0v) is 20.6. The van der Waals surface area contributed by atoms with Crippen LogP contribution in [0.1, 0.15) is 44.5 Å². The van der Waals surface area contributed by atoms with Gasteiger partial charge in [0, 0.05) is 20.4 Å². The molecule has 1 atom stereocenters. The molecule has 0 bridgehead atoms. The number of thiophene rings is 1. The average Bonchev–Trinajstić information content (AvgIpc) is 3.16. The molecule has 0 aliphatic heterocycles. The first-order chi connectivity index (χ1) is 16.0. The molecule has 0 fully saturated rings. The van der Waals surface area contributed by atoms with Crippen molar-refractivity contribution >= 4 is 60.5 Å². The Balaban J connectivity index is 1.52. The third-order valence-corrected chi connectivity index (χ3v) is 7.98. The number of carbonyl (C=O) groups excluding carboxylic acids is 2. The molecule has 1 unspecified atom stereocenters. The van der Waals surface area contributed by atoms with Gasteiger partial charge < -0.3 is 10.6 Å². The Morgan fingerprint density at radius 1 is 0.939 bits per heavy atom. The summed E-state index contributed by atoms with van der Waals surface area (Å²) in [5, 5.41) is 8.83. The maximum Gasteiger partial charge on any atom is 0.258 e. The topological polar surface area (TPSA) is 58.2 Å². The molecule has 1 aliphatic carbocycles. The Morgan fingerprint density at radius 3 is 2.55 bits per heavy atom. The molecule has 166 valence electrons. The lowest BCUT2D eigenvalue weighted by molar-refractivity contribution is 0.102. The summed E-state index contributed by atoms with van der Waals surface area (Å²) in [7, 11) is 0. The van der Waals surface area contributed by atoms with E-state index in [2.05, 4.69) is 33.5 Å². The van der Waals surface area contributed by atoms with Crippen molar-refractivity contribution in [3.63, 3.8) is 0 Å². The summed E-state index contributed by atoms with van der Waals surface area (Å²) in [5.74, 6) is 0.158. The molecule has 0 radical (unpaired) electrons. The van der Waals surface area contributed by atoms with E-state index in [1.54, 1.807) is 6.07 Å². The van der Waals surface area contributed by atoms with Crippen molar-refractivity contribution in [1.29, 1.82) is 0 Å². The minimum atomic E-state index is -0.228. The van der Waals surface area contributed by atoms with Crippen molar-refractivity contribution < 1.29 is 9.59 Å². The van der Waals surface area contributed by atoms with E-state index >= 15 is 0 Å². The molecule has 1 aliphatic rings. The molecule has 0 spiro atoms. The van der Waals surface area contributed by atoms with Crippen molar-refractivity contribution in [2.24, 2.45) is 5.92 Å². The summed E-state index contributed by atoms with van der Waals surface area (Å²) < 4.78 is 0.721. The highest BCUT2D eigenvalue weighted by molar-refractivity contribution is 9.10. The number of rotatable bonds is 4. The van der Waals surface area contributed by atoms with Gasteiger partial charge in [-0.1, -0.05) is 55.5 Å². The van der Waals surface area contributed by atoms with Crippen LogP contribution < -0.4 is 10.6 Å². The largest absolute Gasteiger partial charge is 0.321 e. The second-order valence-electron chi connectivity index (χ2n) is 8.47. The van der Waals surface area contributed by atoms with Crippen LogP contribution >= 0.6 is 27.3 Å². The van der Waals surface area contributed by atoms with Gasteiger partial charge in [0.05, 0.1) is 11.1 Å². The number of amides is 2. The van der Waals surface area contributed by atoms with E-state index in [1.165, 1.54) is 16.2 Å². The van der Waals surface area contributed by atoms with Crippen LogP contribution in [0.2, 0.25) is 0 Å². The molecule has 5 rings (SSSR count). The van der Waals surface area contributed by atoms with Gasteiger partial charge in [-0.3, -0.25) is 9.59 Å². The lowest BCUT2D eigenvalue weighted by Crippen LogP contribution is -2.19. The minimum Gasteiger partial charge on any atom is -0.321 e. The molecule has 4 aromatic rings. The molecular weight excluding hydrogens is 496 g/mol. The van der Waals surface area contributed by atoms with Crippen LogP contribution in [0.4, 0.5) is 10.7 Å². The Morgan fingerprint density at radius 2 is 1.70 bits per heavy atom. The third-order valence-electron chi connectivity index (χ3n) is 6.12. The number of fused-ring (bicyclic) bond motifs is 2. The number of halogens is 1. The number of nitrogens with one attached hydrogen (secondary N) is 2. The van der Waals surface area contributed by atoms with E-state index in [-0.39, 0.29) is 11.8 Å². The first-order valence-corrected chi connectivity index (χ1v) is 12.6. The highest BCUT2D eigenvalue weighted by Gasteiger charge is 2.29. The fraction of sp³-hybridized carbons (Fsp3) is 0.185. The number of carbonyl (C=O) groups is 2. The van der Waals surface area contributed by atoms with Gasteiger partial charge in [-0.05, 0) is 70.3 Å². The third kappa shape index (κ3) is 4.33. The average molecular weight is 519 g/mol.